The number of fused-ring (bicyclic) bond motifs is 1. The van der Waals surface area contributed by atoms with E-state index in [4.69, 9.17) is 16.6 Å². The standard InChI is InChI=1S/C26H27ClN4O2/c27-21-10-6-19(7-11-21)26(33)31-15-3-4-20(16-31)25(32)28-22-12-8-18(9-13-22)23-17-30-14-2-1-5-24(30)29-23/h6-13,17,20H,1-5,14-16H2,(H,28,32). The van der Waals surface area contributed by atoms with Crippen molar-refractivity contribution in [3.8, 4) is 11.3 Å². The lowest BCUT2D eigenvalue weighted by Gasteiger charge is -2.32. The first kappa shape index (κ1) is 21.7. The number of carbonyl (C=O) groups excluding carboxylic acids is 2. The third-order valence-electron chi connectivity index (χ3n) is 6.53. The number of amides is 2. The Hall–Kier alpha value is -3.12. The Morgan fingerprint density at radius 3 is 2.52 bits per heavy atom. The van der Waals surface area contributed by atoms with E-state index in [1.54, 1.807) is 29.2 Å². The molecule has 1 aromatic heterocycles. The molecule has 7 heteroatoms. The van der Waals surface area contributed by atoms with E-state index < -0.39 is 0 Å². The van der Waals surface area contributed by atoms with Gasteiger partial charge in [-0.1, -0.05) is 23.7 Å². The highest BCUT2D eigenvalue weighted by Crippen LogP contribution is 2.25. The Kier molecular flexibility index (Phi) is 6.18. The molecule has 0 spiro atoms. The van der Waals surface area contributed by atoms with Crippen molar-refractivity contribution in [2.75, 3.05) is 18.4 Å². The summed E-state index contributed by atoms with van der Waals surface area (Å²) in [6.07, 6.45) is 7.14. The van der Waals surface area contributed by atoms with Gasteiger partial charge in [-0.25, -0.2) is 4.98 Å². The Bertz CT molecular complexity index is 1130. The SMILES string of the molecule is O=C(Nc1ccc(-c2cn3c(n2)CCCC3)cc1)C1CCCN(C(=O)c2ccc(Cl)cc2)C1. The van der Waals surface area contributed by atoms with Crippen LogP contribution < -0.4 is 5.32 Å². The van der Waals surface area contributed by atoms with E-state index in [0.29, 0.717) is 23.7 Å². The first-order valence-electron chi connectivity index (χ1n) is 11.6. The quantitative estimate of drug-likeness (QED) is 0.591. The topological polar surface area (TPSA) is 67.2 Å². The van der Waals surface area contributed by atoms with Crippen LogP contribution in [0, 0.1) is 5.92 Å². The van der Waals surface area contributed by atoms with Gasteiger partial charge in [-0.2, -0.15) is 0 Å². The molecule has 33 heavy (non-hydrogen) atoms. The third kappa shape index (κ3) is 4.81. The van der Waals surface area contributed by atoms with Crippen LogP contribution in [0.15, 0.2) is 54.7 Å². The van der Waals surface area contributed by atoms with Crippen LogP contribution in [-0.2, 0) is 17.8 Å². The summed E-state index contributed by atoms with van der Waals surface area (Å²) >= 11 is 5.93. The summed E-state index contributed by atoms with van der Waals surface area (Å²) in [5.74, 6) is 0.822. The number of halogens is 1. The second kappa shape index (κ2) is 9.40. The van der Waals surface area contributed by atoms with Gasteiger partial charge in [0.25, 0.3) is 5.91 Å². The smallest absolute Gasteiger partial charge is 0.253 e. The molecule has 1 fully saturated rings. The van der Waals surface area contributed by atoms with Crippen LogP contribution >= 0.6 is 11.6 Å². The van der Waals surface area contributed by atoms with Crippen LogP contribution in [0.3, 0.4) is 0 Å². The van der Waals surface area contributed by atoms with Gasteiger partial charge in [-0.15, -0.1) is 0 Å². The predicted octanol–water partition coefficient (Wildman–Crippen LogP) is 5.03. The van der Waals surface area contributed by atoms with Crippen LogP contribution in [0.1, 0.15) is 41.9 Å². The summed E-state index contributed by atoms with van der Waals surface area (Å²) < 4.78 is 2.24. The molecule has 1 atom stereocenters. The van der Waals surface area contributed by atoms with Crippen molar-refractivity contribution in [1.29, 1.82) is 0 Å². The minimum absolute atomic E-state index is 0.0474. The molecular weight excluding hydrogens is 436 g/mol. The molecule has 2 aliphatic heterocycles. The number of hydrogen-bond donors (Lipinski definition) is 1. The largest absolute Gasteiger partial charge is 0.338 e. The number of rotatable bonds is 4. The Balaban J connectivity index is 1.21. The summed E-state index contributed by atoms with van der Waals surface area (Å²) in [5, 5.41) is 3.62. The van der Waals surface area contributed by atoms with Gasteiger partial charge < -0.3 is 14.8 Å². The van der Waals surface area contributed by atoms with E-state index in [-0.39, 0.29) is 17.7 Å². The number of likely N-dealkylation sites (tertiary alicyclic amines) is 1. The van der Waals surface area contributed by atoms with Gasteiger partial charge in [-0.05, 0) is 62.1 Å². The van der Waals surface area contributed by atoms with Crippen molar-refractivity contribution in [3.63, 3.8) is 0 Å². The fourth-order valence-corrected chi connectivity index (χ4v) is 4.80. The number of benzene rings is 2. The molecule has 0 saturated carbocycles. The maximum Gasteiger partial charge on any atom is 0.253 e. The van der Waals surface area contributed by atoms with Crippen molar-refractivity contribution in [2.24, 2.45) is 5.92 Å². The number of aromatic nitrogens is 2. The van der Waals surface area contributed by atoms with Gasteiger partial charge >= 0.3 is 0 Å². The van der Waals surface area contributed by atoms with E-state index in [0.717, 1.165) is 48.6 Å². The lowest BCUT2D eigenvalue weighted by molar-refractivity contribution is -0.121. The first-order chi connectivity index (χ1) is 16.1. The number of carbonyl (C=O) groups is 2. The highest BCUT2D eigenvalue weighted by atomic mass is 35.5. The minimum atomic E-state index is -0.227. The zero-order chi connectivity index (χ0) is 22.8. The molecule has 1 N–H and O–H groups in total. The Labute approximate surface area is 198 Å². The fraction of sp³-hybridized carbons (Fsp3) is 0.346. The Morgan fingerprint density at radius 1 is 0.970 bits per heavy atom. The monoisotopic (exact) mass is 462 g/mol. The summed E-state index contributed by atoms with van der Waals surface area (Å²) in [6.45, 7) is 2.12. The van der Waals surface area contributed by atoms with Crippen molar-refractivity contribution in [1.82, 2.24) is 14.5 Å². The molecule has 1 unspecified atom stereocenters. The molecule has 2 aliphatic rings. The maximum atomic E-state index is 12.9. The van der Waals surface area contributed by atoms with Crippen molar-refractivity contribution in [3.05, 3.63) is 71.1 Å². The molecule has 170 valence electrons. The first-order valence-corrected chi connectivity index (χ1v) is 12.0. The van der Waals surface area contributed by atoms with Crippen LogP contribution in [-0.4, -0.2) is 39.4 Å². The molecule has 3 aromatic rings. The van der Waals surface area contributed by atoms with E-state index in [9.17, 15) is 9.59 Å². The van der Waals surface area contributed by atoms with E-state index in [1.165, 1.54) is 12.8 Å². The van der Waals surface area contributed by atoms with Crippen LogP contribution in [0.4, 0.5) is 5.69 Å². The van der Waals surface area contributed by atoms with E-state index in [1.807, 2.05) is 24.3 Å². The number of nitrogens with one attached hydrogen (secondary N) is 1. The van der Waals surface area contributed by atoms with Crippen molar-refractivity contribution in [2.45, 2.75) is 38.6 Å². The van der Waals surface area contributed by atoms with Gasteiger partial charge in [-0.3, -0.25) is 9.59 Å². The van der Waals surface area contributed by atoms with Crippen molar-refractivity contribution >= 4 is 29.1 Å². The van der Waals surface area contributed by atoms with Gasteiger partial charge in [0.15, 0.2) is 0 Å². The predicted molar refractivity (Wildman–Crippen MR) is 129 cm³/mol. The summed E-state index contributed by atoms with van der Waals surface area (Å²) in [5.41, 5.74) is 3.38. The van der Waals surface area contributed by atoms with Crippen LogP contribution in [0.25, 0.3) is 11.3 Å². The Morgan fingerprint density at radius 2 is 1.76 bits per heavy atom. The van der Waals surface area contributed by atoms with Crippen LogP contribution in [0.2, 0.25) is 5.02 Å². The zero-order valence-corrected chi connectivity index (χ0v) is 19.2. The number of aryl methyl sites for hydroxylation is 2. The van der Waals surface area contributed by atoms with E-state index in [2.05, 4.69) is 16.1 Å². The molecule has 2 aromatic carbocycles. The van der Waals surface area contributed by atoms with Crippen molar-refractivity contribution < 1.29 is 9.59 Å². The fourth-order valence-electron chi connectivity index (χ4n) is 4.67. The number of piperidine rings is 1. The third-order valence-corrected chi connectivity index (χ3v) is 6.78. The number of hydrogen-bond acceptors (Lipinski definition) is 3. The summed E-state index contributed by atoms with van der Waals surface area (Å²) in [4.78, 5) is 32.3. The van der Waals surface area contributed by atoms with Gasteiger partial charge in [0.1, 0.15) is 5.82 Å². The minimum Gasteiger partial charge on any atom is -0.338 e. The zero-order valence-electron chi connectivity index (χ0n) is 18.5. The molecular formula is C26H27ClN4O2. The summed E-state index contributed by atoms with van der Waals surface area (Å²) in [6, 6.07) is 14.7. The molecule has 6 nitrogen and oxygen atoms in total. The molecule has 3 heterocycles. The maximum absolute atomic E-state index is 12.9. The van der Waals surface area contributed by atoms with E-state index >= 15 is 0 Å². The second-order valence-electron chi connectivity index (χ2n) is 8.86. The van der Waals surface area contributed by atoms with Gasteiger partial charge in [0.05, 0.1) is 11.6 Å². The second-order valence-corrected chi connectivity index (χ2v) is 9.29. The van der Waals surface area contributed by atoms with Gasteiger partial charge in [0.2, 0.25) is 5.91 Å². The molecule has 0 bridgehead atoms. The number of nitrogens with zero attached hydrogens (tertiary/aromatic N) is 3. The number of imidazole rings is 1. The molecule has 0 aliphatic carbocycles. The highest BCUT2D eigenvalue weighted by molar-refractivity contribution is 6.30. The lowest BCUT2D eigenvalue weighted by atomic mass is 9.96. The molecule has 2 amide bonds. The molecule has 0 radical (unpaired) electrons. The average molecular weight is 463 g/mol. The average Bonchev–Trinajstić information content (AvgIpc) is 3.29. The highest BCUT2D eigenvalue weighted by Gasteiger charge is 2.29. The molecule has 1 saturated heterocycles. The van der Waals surface area contributed by atoms with Crippen LogP contribution in [0.5, 0.6) is 0 Å². The van der Waals surface area contributed by atoms with Gasteiger partial charge in [0, 0.05) is 54.1 Å². The summed E-state index contributed by atoms with van der Waals surface area (Å²) in [7, 11) is 0. The lowest BCUT2D eigenvalue weighted by Crippen LogP contribution is -2.43. The normalized spacial score (nSPS) is 18.0. The molecule has 5 rings (SSSR count). The number of anilines is 1.